The fraction of sp³-hybridized carbons (Fsp3) is 0. The van der Waals surface area contributed by atoms with E-state index in [1.165, 1.54) is 36.4 Å². The van der Waals surface area contributed by atoms with Crippen LogP contribution in [-0.4, -0.2) is 22.0 Å². The first kappa shape index (κ1) is 19.7. The van der Waals surface area contributed by atoms with Gasteiger partial charge in [-0.05, 0) is 42.5 Å². The highest BCUT2D eigenvalue weighted by atomic mass is 35.5. The molecule has 0 unspecified atom stereocenters. The highest BCUT2D eigenvalue weighted by Crippen LogP contribution is 2.31. The van der Waals surface area contributed by atoms with Gasteiger partial charge in [-0.15, -0.1) is 0 Å². The van der Waals surface area contributed by atoms with E-state index in [0.29, 0.717) is 15.2 Å². The van der Waals surface area contributed by atoms with Crippen molar-refractivity contribution in [1.29, 1.82) is 0 Å². The number of rotatable bonds is 5. The van der Waals surface area contributed by atoms with E-state index in [1.54, 1.807) is 18.2 Å². The van der Waals surface area contributed by atoms with Crippen molar-refractivity contribution in [2.75, 3.05) is 5.01 Å². The first-order valence-electron chi connectivity index (χ1n) is 8.35. The van der Waals surface area contributed by atoms with Crippen LogP contribution in [0.4, 0.5) is 15.4 Å². The van der Waals surface area contributed by atoms with Gasteiger partial charge in [0.25, 0.3) is 5.91 Å². The summed E-state index contributed by atoms with van der Waals surface area (Å²) in [6.45, 7) is 0. The van der Waals surface area contributed by atoms with Gasteiger partial charge < -0.3 is 4.42 Å². The number of hydrazone groups is 1. The van der Waals surface area contributed by atoms with E-state index in [1.807, 2.05) is 0 Å². The molecule has 0 atom stereocenters. The topological polar surface area (TPSA) is 102 Å². The fourth-order valence-corrected chi connectivity index (χ4v) is 3.67. The Hall–Kier alpha value is -3.63. The van der Waals surface area contributed by atoms with Gasteiger partial charge in [0.05, 0.1) is 22.5 Å². The van der Waals surface area contributed by atoms with E-state index in [2.05, 4.69) is 10.1 Å². The zero-order valence-corrected chi connectivity index (χ0v) is 16.4. The van der Waals surface area contributed by atoms with Crippen LogP contribution < -0.4 is 5.01 Å². The second-order valence-electron chi connectivity index (χ2n) is 5.91. The van der Waals surface area contributed by atoms with Crippen molar-refractivity contribution in [3.63, 3.8) is 0 Å². The summed E-state index contributed by atoms with van der Waals surface area (Å²) in [5.74, 6) is -1.37. The minimum absolute atomic E-state index is 0.0674. The molecule has 0 aliphatic heterocycles. The fourth-order valence-electron chi connectivity index (χ4n) is 2.53. The second kappa shape index (κ2) is 8.01. The van der Waals surface area contributed by atoms with Crippen LogP contribution in [0.5, 0.6) is 0 Å². The number of nitro groups is 1. The highest BCUT2D eigenvalue weighted by Gasteiger charge is 2.22. The van der Waals surface area contributed by atoms with Crippen LogP contribution in [0.2, 0.25) is 5.02 Å². The number of hydrogen-bond donors (Lipinski definition) is 0. The van der Waals surface area contributed by atoms with E-state index < -0.39 is 22.5 Å². The van der Waals surface area contributed by atoms with Crippen molar-refractivity contribution in [2.45, 2.75) is 0 Å². The van der Waals surface area contributed by atoms with Crippen LogP contribution >= 0.6 is 22.9 Å². The summed E-state index contributed by atoms with van der Waals surface area (Å²) in [6, 6.07) is 12.8. The monoisotopic (exact) mass is 444 g/mol. The predicted octanol–water partition coefficient (Wildman–Crippen LogP) is 5.27. The molecular formula is C19H10ClFN4O4S. The Morgan fingerprint density at radius 1 is 1.27 bits per heavy atom. The lowest BCUT2D eigenvalue weighted by Crippen LogP contribution is -2.25. The number of thiazole rings is 1. The van der Waals surface area contributed by atoms with Crippen LogP contribution in [0.3, 0.4) is 0 Å². The number of halogens is 2. The number of amides is 1. The Bertz CT molecular complexity index is 1300. The second-order valence-corrected chi connectivity index (χ2v) is 7.36. The minimum atomic E-state index is -0.686. The van der Waals surface area contributed by atoms with Gasteiger partial charge in [-0.2, -0.15) is 10.1 Å². The summed E-state index contributed by atoms with van der Waals surface area (Å²) in [5, 5.41) is 16.4. The number of nitrogens with zero attached hydrogens (tertiary/aromatic N) is 4. The van der Waals surface area contributed by atoms with Gasteiger partial charge in [0, 0.05) is 10.6 Å². The zero-order chi connectivity index (χ0) is 21.3. The van der Waals surface area contributed by atoms with E-state index in [9.17, 15) is 19.3 Å². The van der Waals surface area contributed by atoms with Crippen molar-refractivity contribution in [1.82, 2.24) is 4.98 Å². The Morgan fingerprint density at radius 2 is 2.10 bits per heavy atom. The number of hydrogen-bond acceptors (Lipinski definition) is 7. The quantitative estimate of drug-likeness (QED) is 0.237. The third kappa shape index (κ3) is 4.04. The Morgan fingerprint density at radius 3 is 2.83 bits per heavy atom. The number of fused-ring (bicyclic) bond motifs is 1. The molecule has 4 rings (SSSR count). The standard InChI is InChI=1S/C19H10ClFN4O4S/c20-12-3-1-2-11(8-12)18(26)24(22-10-14-5-7-17(29-14)25(27)28)19-23-15-6-4-13(21)9-16(15)30-19/h1-10H/b22-10+. The van der Waals surface area contributed by atoms with E-state index in [-0.39, 0.29) is 16.5 Å². The lowest BCUT2D eigenvalue weighted by Gasteiger charge is -2.13. The molecule has 0 saturated carbocycles. The third-order valence-electron chi connectivity index (χ3n) is 3.88. The smallest absolute Gasteiger partial charge is 0.400 e. The van der Waals surface area contributed by atoms with Crippen molar-refractivity contribution < 1.29 is 18.5 Å². The van der Waals surface area contributed by atoms with Crippen LogP contribution in [0.15, 0.2) is 64.1 Å². The predicted molar refractivity (Wildman–Crippen MR) is 111 cm³/mol. The average Bonchev–Trinajstić information content (AvgIpc) is 3.35. The van der Waals surface area contributed by atoms with Crippen molar-refractivity contribution in [3.05, 3.63) is 86.9 Å². The summed E-state index contributed by atoms with van der Waals surface area (Å²) in [7, 11) is 0. The van der Waals surface area contributed by atoms with Crippen LogP contribution in [0, 0.1) is 15.9 Å². The summed E-state index contributed by atoms with van der Waals surface area (Å²) >= 11 is 7.04. The first-order chi connectivity index (χ1) is 14.4. The summed E-state index contributed by atoms with van der Waals surface area (Å²) in [4.78, 5) is 27.5. The number of anilines is 1. The highest BCUT2D eigenvalue weighted by molar-refractivity contribution is 7.22. The summed E-state index contributed by atoms with van der Waals surface area (Å²) < 4.78 is 19.1. The maximum Gasteiger partial charge on any atom is 0.433 e. The maximum atomic E-state index is 13.5. The summed E-state index contributed by atoms with van der Waals surface area (Å²) in [5.41, 5.74) is 0.736. The van der Waals surface area contributed by atoms with Crippen LogP contribution in [0.25, 0.3) is 10.2 Å². The summed E-state index contributed by atoms with van der Waals surface area (Å²) in [6.07, 6.45) is 1.15. The molecule has 1 amide bonds. The largest absolute Gasteiger partial charge is 0.433 e. The molecule has 0 N–H and O–H groups in total. The normalized spacial score (nSPS) is 11.3. The molecule has 0 radical (unpaired) electrons. The molecule has 4 aromatic rings. The molecule has 2 aromatic carbocycles. The van der Waals surface area contributed by atoms with Crippen LogP contribution in [-0.2, 0) is 0 Å². The third-order valence-corrected chi connectivity index (χ3v) is 5.11. The van der Waals surface area contributed by atoms with Crippen molar-refractivity contribution in [2.24, 2.45) is 5.10 Å². The number of carbonyl (C=O) groups is 1. The van der Waals surface area contributed by atoms with E-state index in [0.717, 1.165) is 22.6 Å². The van der Waals surface area contributed by atoms with Gasteiger partial charge in [0.15, 0.2) is 5.76 Å². The molecule has 30 heavy (non-hydrogen) atoms. The van der Waals surface area contributed by atoms with Gasteiger partial charge in [-0.1, -0.05) is 29.0 Å². The average molecular weight is 445 g/mol. The molecule has 0 spiro atoms. The number of furan rings is 1. The molecule has 8 nitrogen and oxygen atoms in total. The SMILES string of the molecule is O=C(c1cccc(Cl)c1)N(/N=C/c1ccc([N+](=O)[O-])o1)c1nc2ccc(F)cc2s1. The van der Waals surface area contributed by atoms with Gasteiger partial charge in [0.1, 0.15) is 10.7 Å². The van der Waals surface area contributed by atoms with Crippen molar-refractivity contribution >= 4 is 56.3 Å². The van der Waals surface area contributed by atoms with Crippen molar-refractivity contribution in [3.8, 4) is 0 Å². The molecule has 2 aromatic heterocycles. The molecule has 0 aliphatic carbocycles. The van der Waals surface area contributed by atoms with Gasteiger partial charge in [-0.25, -0.2) is 9.37 Å². The van der Waals surface area contributed by atoms with Gasteiger partial charge in [0.2, 0.25) is 5.13 Å². The molecule has 150 valence electrons. The molecular weight excluding hydrogens is 435 g/mol. The number of aromatic nitrogens is 1. The number of benzene rings is 2. The van der Waals surface area contributed by atoms with E-state index >= 15 is 0 Å². The van der Waals surface area contributed by atoms with Gasteiger partial charge in [-0.3, -0.25) is 14.9 Å². The number of carbonyl (C=O) groups excluding carboxylic acids is 1. The lowest BCUT2D eigenvalue weighted by molar-refractivity contribution is -0.402. The van der Waals surface area contributed by atoms with Crippen LogP contribution in [0.1, 0.15) is 16.1 Å². The molecule has 0 saturated heterocycles. The lowest BCUT2D eigenvalue weighted by atomic mass is 10.2. The molecule has 0 fully saturated rings. The van der Waals surface area contributed by atoms with Gasteiger partial charge >= 0.3 is 5.88 Å². The minimum Gasteiger partial charge on any atom is -0.400 e. The molecule has 11 heteroatoms. The Labute approximate surface area is 177 Å². The first-order valence-corrected chi connectivity index (χ1v) is 9.54. The molecule has 0 bridgehead atoms. The molecule has 2 heterocycles. The maximum absolute atomic E-state index is 13.5. The van der Waals surface area contributed by atoms with E-state index in [4.69, 9.17) is 16.0 Å². The zero-order valence-electron chi connectivity index (χ0n) is 14.9. The molecule has 0 aliphatic rings. The Kier molecular flexibility index (Phi) is 5.25. The Balaban J connectivity index is 1.75.